The Bertz CT molecular complexity index is 1120. The molecule has 0 fully saturated rings. The molecule has 1 heterocycles. The summed E-state index contributed by atoms with van der Waals surface area (Å²) >= 11 is 0. The van der Waals surface area contributed by atoms with Gasteiger partial charge in [0.05, 0.1) is 14.2 Å². The van der Waals surface area contributed by atoms with E-state index in [0.29, 0.717) is 22.7 Å². The van der Waals surface area contributed by atoms with E-state index >= 15 is 0 Å². The Balaban J connectivity index is 1.62. The van der Waals surface area contributed by atoms with E-state index in [9.17, 15) is 14.4 Å². The van der Waals surface area contributed by atoms with E-state index in [4.69, 9.17) is 9.47 Å². The van der Waals surface area contributed by atoms with Gasteiger partial charge >= 0.3 is 11.8 Å². The van der Waals surface area contributed by atoms with Gasteiger partial charge in [0.25, 0.3) is 0 Å². The smallest absolute Gasteiger partial charge is 0.313 e. The molecule has 1 aromatic heterocycles. The molecule has 0 saturated heterocycles. The number of carbonyl (C=O) groups is 3. The van der Waals surface area contributed by atoms with Gasteiger partial charge in [-0.3, -0.25) is 14.4 Å². The summed E-state index contributed by atoms with van der Waals surface area (Å²) in [5, 5.41) is 5.05. The Hall–Kier alpha value is -4.14. The zero-order valence-corrected chi connectivity index (χ0v) is 17.3. The number of aryl methyl sites for hydroxylation is 1. The molecule has 2 aromatic carbocycles. The Kier molecular flexibility index (Phi) is 6.66. The standard InChI is InChI=1S/C22H22N4O5/c1-26-10-9-23-20(26)19(27)15-5-4-6-16(12-15)25-22(29)21(28)24-13-14-7-8-17(30-2)18(11-14)31-3/h4-12H,13H2,1-3H3,(H,24,28)(H,25,29). The zero-order valence-electron chi connectivity index (χ0n) is 17.3. The summed E-state index contributed by atoms with van der Waals surface area (Å²) in [6, 6.07) is 11.5. The lowest BCUT2D eigenvalue weighted by Gasteiger charge is -2.11. The van der Waals surface area contributed by atoms with Gasteiger partial charge in [-0.25, -0.2) is 4.98 Å². The predicted octanol–water partition coefficient (Wildman–Crippen LogP) is 1.92. The Morgan fingerprint density at radius 2 is 1.77 bits per heavy atom. The van der Waals surface area contributed by atoms with Crippen molar-refractivity contribution in [2.45, 2.75) is 6.54 Å². The van der Waals surface area contributed by atoms with Crippen LogP contribution in [0.4, 0.5) is 5.69 Å². The topological polar surface area (TPSA) is 112 Å². The van der Waals surface area contributed by atoms with Gasteiger partial charge in [0.15, 0.2) is 17.3 Å². The number of nitrogens with zero attached hydrogens (tertiary/aromatic N) is 2. The minimum atomic E-state index is -0.845. The first-order valence-corrected chi connectivity index (χ1v) is 9.35. The highest BCUT2D eigenvalue weighted by molar-refractivity contribution is 6.39. The van der Waals surface area contributed by atoms with Crippen LogP contribution in [0.3, 0.4) is 0 Å². The van der Waals surface area contributed by atoms with E-state index < -0.39 is 11.8 Å². The van der Waals surface area contributed by atoms with Crippen molar-refractivity contribution in [3.8, 4) is 11.5 Å². The van der Waals surface area contributed by atoms with Crippen LogP contribution in [0, 0.1) is 0 Å². The Morgan fingerprint density at radius 1 is 1.00 bits per heavy atom. The summed E-state index contributed by atoms with van der Waals surface area (Å²) in [4.78, 5) is 41.0. The van der Waals surface area contributed by atoms with Crippen molar-refractivity contribution in [3.63, 3.8) is 0 Å². The Morgan fingerprint density at radius 3 is 2.45 bits per heavy atom. The van der Waals surface area contributed by atoms with Crippen molar-refractivity contribution in [1.82, 2.24) is 14.9 Å². The molecule has 0 aliphatic carbocycles. The molecule has 3 rings (SSSR count). The molecule has 0 radical (unpaired) electrons. The van der Waals surface area contributed by atoms with Crippen LogP contribution in [0.1, 0.15) is 21.7 Å². The first-order chi connectivity index (χ1) is 14.9. The number of rotatable bonds is 7. The number of amides is 2. The van der Waals surface area contributed by atoms with Crippen LogP contribution >= 0.6 is 0 Å². The minimum absolute atomic E-state index is 0.129. The lowest BCUT2D eigenvalue weighted by Crippen LogP contribution is -2.35. The van der Waals surface area contributed by atoms with E-state index in [0.717, 1.165) is 5.56 Å². The maximum atomic E-state index is 12.6. The molecule has 0 saturated carbocycles. The van der Waals surface area contributed by atoms with E-state index in [1.807, 2.05) is 0 Å². The number of anilines is 1. The molecule has 0 aliphatic heterocycles. The first kappa shape index (κ1) is 21.6. The number of aromatic nitrogens is 2. The number of imidazole rings is 1. The van der Waals surface area contributed by atoms with Gasteiger partial charge in [0.1, 0.15) is 0 Å². The molecular formula is C22H22N4O5. The second kappa shape index (κ2) is 9.57. The van der Waals surface area contributed by atoms with Crippen LogP contribution < -0.4 is 20.1 Å². The second-order valence-corrected chi connectivity index (χ2v) is 6.60. The number of nitrogens with one attached hydrogen (secondary N) is 2. The van der Waals surface area contributed by atoms with Crippen molar-refractivity contribution in [3.05, 3.63) is 71.8 Å². The molecule has 160 valence electrons. The maximum Gasteiger partial charge on any atom is 0.313 e. The van der Waals surface area contributed by atoms with Gasteiger partial charge < -0.3 is 24.7 Å². The van der Waals surface area contributed by atoms with Crippen molar-refractivity contribution in [1.29, 1.82) is 0 Å². The maximum absolute atomic E-state index is 12.6. The van der Waals surface area contributed by atoms with Crippen LogP contribution in [-0.2, 0) is 23.2 Å². The summed E-state index contributed by atoms with van der Waals surface area (Å²) in [5.41, 5.74) is 1.41. The van der Waals surface area contributed by atoms with E-state index in [-0.39, 0.29) is 18.2 Å². The third kappa shape index (κ3) is 5.08. The second-order valence-electron chi connectivity index (χ2n) is 6.60. The molecule has 0 bridgehead atoms. The number of ketones is 1. The average molecular weight is 422 g/mol. The van der Waals surface area contributed by atoms with Gasteiger partial charge in [-0.2, -0.15) is 0 Å². The van der Waals surface area contributed by atoms with Crippen molar-refractivity contribution in [2.24, 2.45) is 7.05 Å². The fourth-order valence-corrected chi connectivity index (χ4v) is 2.89. The molecule has 2 N–H and O–H groups in total. The lowest BCUT2D eigenvalue weighted by atomic mass is 10.1. The number of methoxy groups -OCH3 is 2. The van der Waals surface area contributed by atoms with Crippen LogP contribution in [0.25, 0.3) is 0 Å². The molecule has 9 heteroatoms. The molecule has 3 aromatic rings. The largest absolute Gasteiger partial charge is 0.493 e. The van der Waals surface area contributed by atoms with Crippen molar-refractivity contribution in [2.75, 3.05) is 19.5 Å². The molecule has 9 nitrogen and oxygen atoms in total. The van der Waals surface area contributed by atoms with Crippen molar-refractivity contribution < 1.29 is 23.9 Å². The number of hydrogen-bond donors (Lipinski definition) is 2. The summed E-state index contributed by atoms with van der Waals surface area (Å²) in [6.45, 7) is 0.129. The van der Waals surface area contributed by atoms with E-state index in [1.54, 1.807) is 54.2 Å². The van der Waals surface area contributed by atoms with Gasteiger partial charge in [0.2, 0.25) is 5.78 Å². The van der Waals surface area contributed by atoms with Crippen LogP contribution in [0.5, 0.6) is 11.5 Å². The number of hydrogen-bond acceptors (Lipinski definition) is 6. The predicted molar refractivity (Wildman–Crippen MR) is 113 cm³/mol. The Labute approximate surface area is 179 Å². The molecule has 0 unspecified atom stereocenters. The lowest BCUT2D eigenvalue weighted by molar-refractivity contribution is -0.136. The highest BCUT2D eigenvalue weighted by Gasteiger charge is 2.17. The first-order valence-electron chi connectivity index (χ1n) is 9.35. The van der Waals surface area contributed by atoms with Crippen LogP contribution in [0.2, 0.25) is 0 Å². The number of benzene rings is 2. The fraction of sp³-hybridized carbons (Fsp3) is 0.182. The van der Waals surface area contributed by atoms with Gasteiger partial charge in [-0.1, -0.05) is 18.2 Å². The molecule has 0 spiro atoms. The molecule has 0 aliphatic rings. The summed E-state index contributed by atoms with van der Waals surface area (Å²) < 4.78 is 12.0. The van der Waals surface area contributed by atoms with Gasteiger partial charge in [-0.05, 0) is 29.8 Å². The number of carbonyl (C=O) groups excluding carboxylic acids is 3. The average Bonchev–Trinajstić information content (AvgIpc) is 3.22. The van der Waals surface area contributed by atoms with E-state index in [2.05, 4.69) is 15.6 Å². The normalized spacial score (nSPS) is 10.3. The van der Waals surface area contributed by atoms with E-state index in [1.165, 1.54) is 26.5 Å². The highest BCUT2D eigenvalue weighted by atomic mass is 16.5. The van der Waals surface area contributed by atoms with Crippen LogP contribution in [0.15, 0.2) is 54.9 Å². The fourth-order valence-electron chi connectivity index (χ4n) is 2.89. The summed E-state index contributed by atoms with van der Waals surface area (Å²) in [7, 11) is 4.76. The van der Waals surface area contributed by atoms with Crippen molar-refractivity contribution >= 4 is 23.3 Å². The number of ether oxygens (including phenoxy) is 2. The van der Waals surface area contributed by atoms with Gasteiger partial charge in [0, 0.05) is 37.2 Å². The quantitative estimate of drug-likeness (QED) is 0.445. The molecular weight excluding hydrogens is 400 g/mol. The third-order valence-electron chi connectivity index (χ3n) is 4.51. The van der Waals surface area contributed by atoms with Crippen LogP contribution in [-0.4, -0.2) is 41.4 Å². The van der Waals surface area contributed by atoms with Gasteiger partial charge in [-0.15, -0.1) is 0 Å². The molecule has 2 amide bonds. The third-order valence-corrected chi connectivity index (χ3v) is 4.51. The summed E-state index contributed by atoms with van der Waals surface area (Å²) in [6.07, 6.45) is 3.20. The monoisotopic (exact) mass is 422 g/mol. The molecule has 0 atom stereocenters. The minimum Gasteiger partial charge on any atom is -0.493 e. The zero-order chi connectivity index (χ0) is 22.4. The molecule has 31 heavy (non-hydrogen) atoms. The SMILES string of the molecule is COc1ccc(CNC(=O)C(=O)Nc2cccc(C(=O)c3nccn3C)c2)cc1OC. The summed E-state index contributed by atoms with van der Waals surface area (Å²) in [5.74, 6) is -0.585. The highest BCUT2D eigenvalue weighted by Crippen LogP contribution is 2.27.